The van der Waals surface area contributed by atoms with E-state index in [2.05, 4.69) is 15.0 Å². The van der Waals surface area contributed by atoms with Crippen molar-refractivity contribution in [2.45, 2.75) is 19.3 Å². The summed E-state index contributed by atoms with van der Waals surface area (Å²) >= 11 is 0. The SMILES string of the molecule is Cn1ncc2c(N3CCCN(C(=O)C4CC4)CC3)nc(-c3cccnc3)nc21. The fraction of sp³-hybridized carbons (Fsp3) is 0.450. The maximum Gasteiger partial charge on any atom is 0.225 e. The molecule has 1 aliphatic heterocycles. The Kier molecular flexibility index (Phi) is 4.18. The number of hydrogen-bond donors (Lipinski definition) is 0. The molecular weight excluding hydrogens is 354 g/mol. The third-order valence-corrected chi connectivity index (χ3v) is 5.53. The largest absolute Gasteiger partial charge is 0.354 e. The molecule has 3 aromatic heterocycles. The second-order valence-electron chi connectivity index (χ2n) is 7.56. The monoisotopic (exact) mass is 377 g/mol. The summed E-state index contributed by atoms with van der Waals surface area (Å²) in [5.74, 6) is 2.13. The Morgan fingerprint density at radius 2 is 2.00 bits per heavy atom. The van der Waals surface area contributed by atoms with Gasteiger partial charge in [0.1, 0.15) is 5.82 Å². The Bertz CT molecular complexity index is 1010. The average molecular weight is 377 g/mol. The van der Waals surface area contributed by atoms with Gasteiger partial charge in [-0.25, -0.2) is 9.97 Å². The van der Waals surface area contributed by atoms with Gasteiger partial charge >= 0.3 is 0 Å². The minimum absolute atomic E-state index is 0.271. The first kappa shape index (κ1) is 17.1. The molecule has 28 heavy (non-hydrogen) atoms. The van der Waals surface area contributed by atoms with Crippen molar-refractivity contribution in [3.05, 3.63) is 30.7 Å². The van der Waals surface area contributed by atoms with Crippen LogP contribution in [0.25, 0.3) is 22.4 Å². The maximum atomic E-state index is 12.5. The Labute approximate surface area is 163 Å². The zero-order valence-corrected chi connectivity index (χ0v) is 16.0. The van der Waals surface area contributed by atoms with Crippen molar-refractivity contribution in [2.24, 2.45) is 13.0 Å². The van der Waals surface area contributed by atoms with Gasteiger partial charge in [-0.15, -0.1) is 0 Å². The number of nitrogens with zero attached hydrogens (tertiary/aromatic N) is 7. The number of aryl methyl sites for hydroxylation is 1. The first-order valence-corrected chi connectivity index (χ1v) is 9.84. The van der Waals surface area contributed by atoms with Crippen molar-refractivity contribution in [3.63, 3.8) is 0 Å². The van der Waals surface area contributed by atoms with Gasteiger partial charge in [-0.05, 0) is 31.4 Å². The lowest BCUT2D eigenvalue weighted by Crippen LogP contribution is -2.36. The first-order valence-electron chi connectivity index (χ1n) is 9.84. The Hall–Kier alpha value is -3.03. The summed E-state index contributed by atoms with van der Waals surface area (Å²) in [7, 11) is 1.89. The molecule has 0 aromatic carbocycles. The molecule has 5 rings (SSSR count). The predicted molar refractivity (Wildman–Crippen MR) is 106 cm³/mol. The standard InChI is InChI=1S/C20H23N7O/c1-25-18-16(13-22-25)19(24-17(23-18)15-4-2-7-21-12-15)26-8-3-9-27(11-10-26)20(28)14-5-6-14/h2,4,7,12-14H,3,5-6,8-11H2,1H3. The van der Waals surface area contributed by atoms with Gasteiger partial charge in [-0.1, -0.05) is 0 Å². The molecule has 1 amide bonds. The molecule has 0 N–H and O–H groups in total. The number of amides is 1. The number of rotatable bonds is 3. The summed E-state index contributed by atoms with van der Waals surface area (Å²) in [6, 6.07) is 3.85. The van der Waals surface area contributed by atoms with E-state index in [1.165, 1.54) is 0 Å². The average Bonchev–Trinajstić information content (AvgIpc) is 3.54. The number of anilines is 1. The highest BCUT2D eigenvalue weighted by Gasteiger charge is 2.34. The first-order chi connectivity index (χ1) is 13.7. The van der Waals surface area contributed by atoms with Crippen molar-refractivity contribution < 1.29 is 4.79 Å². The quantitative estimate of drug-likeness (QED) is 0.693. The second kappa shape index (κ2) is 6.85. The van der Waals surface area contributed by atoms with Gasteiger partial charge in [0.2, 0.25) is 5.91 Å². The van der Waals surface area contributed by atoms with Crippen LogP contribution in [0.1, 0.15) is 19.3 Å². The van der Waals surface area contributed by atoms with Crippen LogP contribution in [0, 0.1) is 5.92 Å². The summed E-state index contributed by atoms with van der Waals surface area (Å²) < 4.78 is 1.78. The van der Waals surface area contributed by atoms with Gasteiger partial charge in [-0.3, -0.25) is 14.5 Å². The van der Waals surface area contributed by atoms with E-state index in [1.807, 2.05) is 30.3 Å². The van der Waals surface area contributed by atoms with Crippen LogP contribution < -0.4 is 4.90 Å². The smallest absolute Gasteiger partial charge is 0.225 e. The molecular formula is C20H23N7O. The van der Waals surface area contributed by atoms with Crippen molar-refractivity contribution in [1.82, 2.24) is 29.6 Å². The molecule has 4 heterocycles. The maximum absolute atomic E-state index is 12.5. The molecule has 1 saturated heterocycles. The second-order valence-corrected chi connectivity index (χ2v) is 7.56. The van der Waals surface area contributed by atoms with Gasteiger partial charge in [0.25, 0.3) is 0 Å². The van der Waals surface area contributed by atoms with E-state index >= 15 is 0 Å². The van der Waals surface area contributed by atoms with Crippen LogP contribution >= 0.6 is 0 Å². The van der Waals surface area contributed by atoms with Crippen molar-refractivity contribution in [2.75, 3.05) is 31.1 Å². The minimum Gasteiger partial charge on any atom is -0.354 e. The zero-order chi connectivity index (χ0) is 19.1. The van der Waals surface area contributed by atoms with E-state index in [-0.39, 0.29) is 5.92 Å². The van der Waals surface area contributed by atoms with Gasteiger partial charge in [-0.2, -0.15) is 5.10 Å². The third-order valence-electron chi connectivity index (χ3n) is 5.53. The van der Waals surface area contributed by atoms with E-state index < -0.39 is 0 Å². The molecule has 0 bridgehead atoms. The van der Waals surface area contributed by atoms with E-state index in [0.717, 1.165) is 67.9 Å². The normalized spacial score (nSPS) is 17.8. The fourth-order valence-corrected chi connectivity index (χ4v) is 3.81. The van der Waals surface area contributed by atoms with Crippen LogP contribution in [0.15, 0.2) is 30.7 Å². The number of carbonyl (C=O) groups excluding carboxylic acids is 1. The van der Waals surface area contributed by atoms with Crippen molar-refractivity contribution in [1.29, 1.82) is 0 Å². The van der Waals surface area contributed by atoms with Crippen LogP contribution in [0.5, 0.6) is 0 Å². The Morgan fingerprint density at radius 3 is 2.79 bits per heavy atom. The number of aromatic nitrogens is 5. The molecule has 144 valence electrons. The minimum atomic E-state index is 0.271. The summed E-state index contributed by atoms with van der Waals surface area (Å²) in [6.45, 7) is 3.19. The number of hydrogen-bond acceptors (Lipinski definition) is 6. The van der Waals surface area contributed by atoms with Gasteiger partial charge in [0.05, 0.1) is 11.6 Å². The van der Waals surface area contributed by atoms with E-state index in [4.69, 9.17) is 9.97 Å². The lowest BCUT2D eigenvalue weighted by atomic mass is 10.2. The molecule has 0 unspecified atom stereocenters. The highest BCUT2D eigenvalue weighted by molar-refractivity contribution is 5.88. The van der Waals surface area contributed by atoms with Gasteiger partial charge in [0, 0.05) is 57.1 Å². The lowest BCUT2D eigenvalue weighted by Gasteiger charge is -2.23. The molecule has 0 spiro atoms. The Balaban J connectivity index is 1.50. The summed E-state index contributed by atoms with van der Waals surface area (Å²) in [5.41, 5.74) is 1.69. The number of carbonyl (C=O) groups is 1. The van der Waals surface area contributed by atoms with Crippen LogP contribution in [0.2, 0.25) is 0 Å². The molecule has 0 radical (unpaired) electrons. The molecule has 8 heteroatoms. The van der Waals surface area contributed by atoms with Crippen LogP contribution in [0.4, 0.5) is 5.82 Å². The van der Waals surface area contributed by atoms with Crippen molar-refractivity contribution >= 4 is 22.8 Å². The van der Waals surface area contributed by atoms with Crippen molar-refractivity contribution in [3.8, 4) is 11.4 Å². The Morgan fingerprint density at radius 1 is 1.11 bits per heavy atom. The van der Waals surface area contributed by atoms with E-state index in [9.17, 15) is 4.79 Å². The fourth-order valence-electron chi connectivity index (χ4n) is 3.81. The lowest BCUT2D eigenvalue weighted by molar-refractivity contribution is -0.132. The summed E-state index contributed by atoms with van der Waals surface area (Å²) in [4.78, 5) is 30.6. The summed E-state index contributed by atoms with van der Waals surface area (Å²) in [6.07, 6.45) is 8.39. The summed E-state index contributed by atoms with van der Waals surface area (Å²) in [5, 5.41) is 5.33. The zero-order valence-electron chi connectivity index (χ0n) is 16.0. The molecule has 1 saturated carbocycles. The third kappa shape index (κ3) is 3.08. The topological polar surface area (TPSA) is 80.0 Å². The molecule has 3 aromatic rings. The molecule has 2 fully saturated rings. The molecule has 8 nitrogen and oxygen atoms in total. The van der Waals surface area contributed by atoms with Crippen LogP contribution in [-0.2, 0) is 11.8 Å². The number of pyridine rings is 1. The van der Waals surface area contributed by atoms with Crippen LogP contribution in [0.3, 0.4) is 0 Å². The van der Waals surface area contributed by atoms with Gasteiger partial charge < -0.3 is 9.80 Å². The highest BCUT2D eigenvalue weighted by Crippen LogP contribution is 2.32. The van der Waals surface area contributed by atoms with E-state index in [0.29, 0.717) is 11.7 Å². The van der Waals surface area contributed by atoms with Crippen LogP contribution in [-0.4, -0.2) is 61.7 Å². The van der Waals surface area contributed by atoms with Gasteiger partial charge in [0.15, 0.2) is 11.5 Å². The molecule has 2 aliphatic rings. The predicted octanol–water partition coefficient (Wildman–Crippen LogP) is 1.87. The van der Waals surface area contributed by atoms with E-state index in [1.54, 1.807) is 17.1 Å². The molecule has 1 aliphatic carbocycles. The molecule has 0 atom stereocenters. The highest BCUT2D eigenvalue weighted by atomic mass is 16.2. The number of fused-ring (bicyclic) bond motifs is 1.